The van der Waals surface area contributed by atoms with Crippen molar-refractivity contribution in [2.75, 3.05) is 20.1 Å². The van der Waals surface area contributed by atoms with Crippen LogP contribution in [0, 0.1) is 0 Å². The fourth-order valence-corrected chi connectivity index (χ4v) is 5.24. The molecular formula is C21H30N8O2. The highest BCUT2D eigenvalue weighted by molar-refractivity contribution is 5.92. The third kappa shape index (κ3) is 3.62. The van der Waals surface area contributed by atoms with E-state index in [4.69, 9.17) is 0 Å². The zero-order valence-electron chi connectivity index (χ0n) is 18.3. The Balaban J connectivity index is 1.33. The number of fused-ring (bicyclic) bond motifs is 1. The number of carbonyl (C=O) groups is 2. The zero-order chi connectivity index (χ0) is 21.6. The van der Waals surface area contributed by atoms with Crippen LogP contribution in [-0.4, -0.2) is 77.9 Å². The van der Waals surface area contributed by atoms with Crippen LogP contribution in [0.3, 0.4) is 0 Å². The fourth-order valence-electron chi connectivity index (χ4n) is 5.24. The lowest BCUT2D eigenvalue weighted by Gasteiger charge is -2.42. The standard InChI is InChI=1S/C21H30N8O2/c1-26-12-17-23-24-18(19(30)22-15-6-4-3-5-7-15)29(17)14-21(26)9-11-28(13-21)20(31)16-8-10-27(2)25-16/h8,10,15H,3-7,9,11-14H2,1-2H3,(H,22,30)/t21-/m0/s1. The lowest BCUT2D eigenvalue weighted by Crippen LogP contribution is -2.55. The van der Waals surface area contributed by atoms with Crippen molar-refractivity contribution >= 4 is 11.8 Å². The van der Waals surface area contributed by atoms with E-state index in [9.17, 15) is 9.59 Å². The van der Waals surface area contributed by atoms with Crippen LogP contribution in [0.15, 0.2) is 12.3 Å². The van der Waals surface area contributed by atoms with Crippen LogP contribution in [0.5, 0.6) is 0 Å². The predicted molar refractivity (Wildman–Crippen MR) is 112 cm³/mol. The number of rotatable bonds is 3. The van der Waals surface area contributed by atoms with Gasteiger partial charge in [-0.3, -0.25) is 19.2 Å². The van der Waals surface area contributed by atoms with Gasteiger partial charge in [0.2, 0.25) is 5.82 Å². The molecule has 1 spiro atoms. The molecule has 5 rings (SSSR count). The molecule has 4 heterocycles. The van der Waals surface area contributed by atoms with Gasteiger partial charge >= 0.3 is 0 Å². The molecule has 0 radical (unpaired) electrons. The van der Waals surface area contributed by atoms with E-state index < -0.39 is 0 Å². The molecule has 0 bridgehead atoms. The summed E-state index contributed by atoms with van der Waals surface area (Å²) in [6.45, 7) is 2.47. The molecule has 31 heavy (non-hydrogen) atoms. The van der Waals surface area contributed by atoms with E-state index in [1.54, 1.807) is 16.9 Å². The normalized spacial score (nSPS) is 24.5. The van der Waals surface area contributed by atoms with Gasteiger partial charge in [-0.2, -0.15) is 5.10 Å². The molecule has 10 heteroatoms. The molecule has 1 N–H and O–H groups in total. The van der Waals surface area contributed by atoms with Gasteiger partial charge in [0.15, 0.2) is 0 Å². The maximum Gasteiger partial charge on any atom is 0.289 e. The van der Waals surface area contributed by atoms with Crippen molar-refractivity contribution in [3.63, 3.8) is 0 Å². The Morgan fingerprint density at radius 2 is 1.94 bits per heavy atom. The van der Waals surface area contributed by atoms with Crippen molar-refractivity contribution in [2.45, 2.75) is 63.2 Å². The molecule has 1 saturated carbocycles. The van der Waals surface area contributed by atoms with Gasteiger partial charge in [-0.1, -0.05) is 19.3 Å². The highest BCUT2D eigenvalue weighted by Crippen LogP contribution is 2.34. The van der Waals surface area contributed by atoms with Gasteiger partial charge in [0.25, 0.3) is 11.8 Å². The van der Waals surface area contributed by atoms with Gasteiger partial charge in [-0.25, -0.2) is 0 Å². The minimum absolute atomic E-state index is 0.0457. The van der Waals surface area contributed by atoms with Crippen LogP contribution in [0.1, 0.15) is 65.5 Å². The number of amides is 2. The Hall–Kier alpha value is -2.75. The minimum Gasteiger partial charge on any atom is -0.347 e. The van der Waals surface area contributed by atoms with E-state index in [0.717, 1.165) is 37.9 Å². The molecule has 2 fully saturated rings. The second-order valence-electron chi connectivity index (χ2n) is 9.27. The quantitative estimate of drug-likeness (QED) is 0.779. The first-order valence-electron chi connectivity index (χ1n) is 11.2. The molecule has 1 aliphatic carbocycles. The number of nitrogens with zero attached hydrogens (tertiary/aromatic N) is 7. The van der Waals surface area contributed by atoms with Gasteiger partial charge in [0.05, 0.1) is 12.1 Å². The third-order valence-electron chi connectivity index (χ3n) is 7.16. The summed E-state index contributed by atoms with van der Waals surface area (Å²) >= 11 is 0. The fraction of sp³-hybridized carbons (Fsp3) is 0.667. The number of nitrogens with one attached hydrogen (secondary N) is 1. The van der Waals surface area contributed by atoms with Crippen LogP contribution >= 0.6 is 0 Å². The first-order valence-corrected chi connectivity index (χ1v) is 11.2. The largest absolute Gasteiger partial charge is 0.347 e. The summed E-state index contributed by atoms with van der Waals surface area (Å²) in [6.07, 6.45) is 8.26. The van der Waals surface area contributed by atoms with E-state index in [0.29, 0.717) is 37.7 Å². The second kappa shape index (κ2) is 7.74. The molecule has 0 aromatic carbocycles. The average Bonchev–Trinajstić information content (AvgIpc) is 3.48. The number of carbonyl (C=O) groups excluding carboxylic acids is 2. The number of aryl methyl sites for hydroxylation is 1. The van der Waals surface area contributed by atoms with E-state index in [1.807, 2.05) is 16.5 Å². The third-order valence-corrected chi connectivity index (χ3v) is 7.16. The Labute approximate surface area is 181 Å². The number of likely N-dealkylation sites (N-methyl/N-ethyl adjacent to an activating group) is 1. The van der Waals surface area contributed by atoms with E-state index in [-0.39, 0.29) is 23.4 Å². The lowest BCUT2D eigenvalue weighted by atomic mass is 9.94. The first kappa shape index (κ1) is 20.2. The predicted octanol–water partition coefficient (Wildman–Crippen LogP) is 0.804. The van der Waals surface area contributed by atoms with E-state index >= 15 is 0 Å². The van der Waals surface area contributed by atoms with Gasteiger partial charge in [0, 0.05) is 38.9 Å². The molecule has 0 unspecified atom stereocenters. The SMILES string of the molecule is CN1Cc2nnc(C(=O)NC3CCCCC3)n2C[C@@]12CCN(C(=O)c1ccn(C)n1)C2. The first-order chi connectivity index (χ1) is 14.9. The highest BCUT2D eigenvalue weighted by atomic mass is 16.2. The van der Waals surface area contributed by atoms with Gasteiger partial charge in [-0.05, 0) is 32.4 Å². The van der Waals surface area contributed by atoms with Crippen LogP contribution < -0.4 is 5.32 Å². The lowest BCUT2D eigenvalue weighted by molar-refractivity contribution is 0.0565. The summed E-state index contributed by atoms with van der Waals surface area (Å²) in [7, 11) is 3.87. The van der Waals surface area contributed by atoms with E-state index in [2.05, 4.69) is 32.6 Å². The van der Waals surface area contributed by atoms with Crippen LogP contribution in [0.25, 0.3) is 0 Å². The van der Waals surface area contributed by atoms with Crippen molar-refractivity contribution in [3.05, 3.63) is 29.6 Å². The minimum atomic E-state index is -0.236. The molecule has 2 aromatic heterocycles. The summed E-state index contributed by atoms with van der Waals surface area (Å²) in [6, 6.07) is 1.98. The maximum atomic E-state index is 13.0. The van der Waals surface area contributed by atoms with Gasteiger partial charge in [-0.15, -0.1) is 10.2 Å². The molecular weight excluding hydrogens is 396 g/mol. The van der Waals surface area contributed by atoms with E-state index in [1.165, 1.54) is 6.42 Å². The number of hydrogen-bond acceptors (Lipinski definition) is 6. The Morgan fingerprint density at radius 3 is 2.68 bits per heavy atom. The second-order valence-corrected chi connectivity index (χ2v) is 9.27. The monoisotopic (exact) mass is 426 g/mol. The average molecular weight is 427 g/mol. The topological polar surface area (TPSA) is 101 Å². The number of likely N-dealkylation sites (tertiary alicyclic amines) is 1. The molecule has 3 aliphatic rings. The molecule has 2 amide bonds. The van der Waals surface area contributed by atoms with Crippen molar-refractivity contribution in [1.82, 2.24) is 39.7 Å². The van der Waals surface area contributed by atoms with Crippen LogP contribution in [0.2, 0.25) is 0 Å². The molecule has 1 atom stereocenters. The zero-order valence-corrected chi connectivity index (χ0v) is 18.3. The smallest absolute Gasteiger partial charge is 0.289 e. The Bertz CT molecular complexity index is 991. The van der Waals surface area contributed by atoms with Gasteiger partial charge < -0.3 is 14.8 Å². The van der Waals surface area contributed by atoms with Crippen molar-refractivity contribution in [1.29, 1.82) is 0 Å². The van der Waals surface area contributed by atoms with Crippen molar-refractivity contribution in [3.8, 4) is 0 Å². The number of hydrogen-bond donors (Lipinski definition) is 1. The van der Waals surface area contributed by atoms with Gasteiger partial charge in [0.1, 0.15) is 11.5 Å². The highest BCUT2D eigenvalue weighted by Gasteiger charge is 2.47. The molecule has 2 aliphatic heterocycles. The molecule has 2 aromatic rings. The summed E-state index contributed by atoms with van der Waals surface area (Å²) in [5.74, 6) is 1.01. The molecule has 166 valence electrons. The molecule has 10 nitrogen and oxygen atoms in total. The summed E-state index contributed by atoms with van der Waals surface area (Å²) in [5.41, 5.74) is 0.232. The summed E-state index contributed by atoms with van der Waals surface area (Å²) in [5, 5.41) is 16.0. The number of aromatic nitrogens is 5. The Morgan fingerprint density at radius 1 is 1.13 bits per heavy atom. The van der Waals surface area contributed by atoms with Crippen LogP contribution in [0.4, 0.5) is 0 Å². The summed E-state index contributed by atoms with van der Waals surface area (Å²) in [4.78, 5) is 30.0. The Kier molecular flexibility index (Phi) is 5.04. The van der Waals surface area contributed by atoms with Crippen molar-refractivity contribution < 1.29 is 9.59 Å². The molecule has 1 saturated heterocycles. The van der Waals surface area contributed by atoms with Crippen molar-refractivity contribution in [2.24, 2.45) is 7.05 Å². The van der Waals surface area contributed by atoms with Crippen LogP contribution in [-0.2, 0) is 20.1 Å². The maximum absolute atomic E-state index is 13.0. The summed E-state index contributed by atoms with van der Waals surface area (Å²) < 4.78 is 3.61.